The lowest BCUT2D eigenvalue weighted by Crippen LogP contribution is -2.49. The first-order valence-corrected chi connectivity index (χ1v) is 13.5. The zero-order valence-electron chi connectivity index (χ0n) is 22.3. The molecule has 2 aromatic rings. The number of benzene rings is 2. The van der Waals surface area contributed by atoms with Crippen molar-refractivity contribution in [2.24, 2.45) is 5.92 Å². The molecule has 1 aliphatic carbocycles. The molecule has 1 heterocycles. The van der Waals surface area contributed by atoms with Crippen LogP contribution in [0.3, 0.4) is 0 Å². The molecule has 1 saturated carbocycles. The molecule has 0 radical (unpaired) electrons. The monoisotopic (exact) mass is 586 g/mol. The van der Waals surface area contributed by atoms with Crippen molar-refractivity contribution in [3.8, 4) is 0 Å². The van der Waals surface area contributed by atoms with E-state index in [1.54, 1.807) is 4.90 Å². The molecule has 4 rings (SSSR count). The SMILES string of the molecule is C[C@H](O[C@H]1CCN(C(=O)C2CCC(NC(=O)O)CC2)C[C@H]1c1ccccc1)c1cc(C(F)(F)F)cc(C(F)(F)F)c1. The molecule has 2 N–H and O–H groups in total. The van der Waals surface area contributed by atoms with Gasteiger partial charge in [0.05, 0.1) is 23.3 Å². The fourth-order valence-electron chi connectivity index (χ4n) is 5.79. The molecule has 0 spiro atoms. The number of alkyl halides is 6. The molecule has 3 atom stereocenters. The summed E-state index contributed by atoms with van der Waals surface area (Å²) in [6, 6.07) is 10.4. The average Bonchev–Trinajstić information content (AvgIpc) is 2.92. The topological polar surface area (TPSA) is 78.9 Å². The van der Waals surface area contributed by atoms with Crippen molar-refractivity contribution >= 4 is 12.0 Å². The van der Waals surface area contributed by atoms with Crippen LogP contribution in [0.1, 0.15) is 73.3 Å². The van der Waals surface area contributed by atoms with Gasteiger partial charge in [0.2, 0.25) is 5.91 Å². The van der Waals surface area contributed by atoms with Crippen LogP contribution in [0.2, 0.25) is 0 Å². The highest BCUT2D eigenvalue weighted by molar-refractivity contribution is 5.79. The van der Waals surface area contributed by atoms with E-state index in [-0.39, 0.29) is 42.0 Å². The van der Waals surface area contributed by atoms with Crippen molar-refractivity contribution in [1.82, 2.24) is 10.2 Å². The Balaban J connectivity index is 1.51. The van der Waals surface area contributed by atoms with Crippen LogP contribution in [0.15, 0.2) is 48.5 Å². The largest absolute Gasteiger partial charge is 0.465 e. The van der Waals surface area contributed by atoms with Crippen molar-refractivity contribution in [3.05, 3.63) is 70.8 Å². The van der Waals surface area contributed by atoms with E-state index in [9.17, 15) is 35.9 Å². The van der Waals surface area contributed by atoms with Crippen molar-refractivity contribution in [2.45, 2.75) is 75.5 Å². The number of carbonyl (C=O) groups excluding carboxylic acids is 1. The second-order valence-corrected chi connectivity index (χ2v) is 10.7. The fraction of sp³-hybridized carbons (Fsp3) is 0.517. The number of likely N-dealkylation sites (tertiary alicyclic amines) is 1. The van der Waals surface area contributed by atoms with E-state index in [1.165, 1.54) is 6.92 Å². The second kappa shape index (κ2) is 12.3. The van der Waals surface area contributed by atoms with Crippen LogP contribution >= 0.6 is 0 Å². The van der Waals surface area contributed by atoms with E-state index in [4.69, 9.17) is 9.84 Å². The van der Waals surface area contributed by atoms with E-state index in [2.05, 4.69) is 5.32 Å². The third-order valence-corrected chi connectivity index (χ3v) is 7.95. The fourth-order valence-corrected chi connectivity index (χ4v) is 5.79. The van der Waals surface area contributed by atoms with Gasteiger partial charge in [-0.3, -0.25) is 4.79 Å². The lowest BCUT2D eigenvalue weighted by molar-refractivity contribution is -0.143. The van der Waals surface area contributed by atoms with Gasteiger partial charge in [-0.15, -0.1) is 0 Å². The van der Waals surface area contributed by atoms with Gasteiger partial charge in [-0.05, 0) is 68.4 Å². The first-order chi connectivity index (χ1) is 19.2. The smallest absolute Gasteiger partial charge is 0.416 e. The summed E-state index contributed by atoms with van der Waals surface area (Å²) in [6.07, 6.45) is -10.1. The number of piperidine rings is 1. The van der Waals surface area contributed by atoms with E-state index in [0.717, 1.165) is 5.56 Å². The Hall–Kier alpha value is -3.28. The highest BCUT2D eigenvalue weighted by Crippen LogP contribution is 2.40. The van der Waals surface area contributed by atoms with Gasteiger partial charge in [0.1, 0.15) is 0 Å². The first-order valence-electron chi connectivity index (χ1n) is 13.5. The van der Waals surface area contributed by atoms with Crippen molar-refractivity contribution in [3.63, 3.8) is 0 Å². The minimum atomic E-state index is -4.96. The number of ether oxygens (including phenoxy) is 1. The van der Waals surface area contributed by atoms with Crippen LogP contribution in [0.5, 0.6) is 0 Å². The van der Waals surface area contributed by atoms with E-state index >= 15 is 0 Å². The lowest BCUT2D eigenvalue weighted by Gasteiger charge is -2.41. The van der Waals surface area contributed by atoms with Crippen LogP contribution in [0, 0.1) is 5.92 Å². The standard InChI is InChI=1S/C29H32F6N2O4/c1-17(20-13-21(28(30,31)32)15-22(14-20)29(33,34)35)41-25-11-12-37(16-24(25)18-5-3-2-4-6-18)26(38)19-7-9-23(10-8-19)36-27(39)40/h2-6,13-15,17,19,23-25,36H,7-12,16H2,1H3,(H,39,40)/t17-,19?,23?,24-,25-/m0/s1. The van der Waals surface area contributed by atoms with Gasteiger partial charge in [-0.2, -0.15) is 26.3 Å². The van der Waals surface area contributed by atoms with Gasteiger partial charge in [0.15, 0.2) is 0 Å². The average molecular weight is 587 g/mol. The Morgan fingerprint density at radius 2 is 1.51 bits per heavy atom. The molecule has 12 heteroatoms. The van der Waals surface area contributed by atoms with Crippen molar-refractivity contribution < 1.29 is 45.8 Å². The Kier molecular flexibility index (Phi) is 9.20. The molecular formula is C29H32F6N2O4. The summed E-state index contributed by atoms with van der Waals surface area (Å²) in [5.74, 6) is -0.645. The van der Waals surface area contributed by atoms with Crippen LogP contribution in [0.4, 0.5) is 31.1 Å². The van der Waals surface area contributed by atoms with E-state index in [1.807, 2.05) is 30.3 Å². The van der Waals surface area contributed by atoms with Gasteiger partial charge in [-0.25, -0.2) is 4.79 Å². The van der Waals surface area contributed by atoms with E-state index in [0.29, 0.717) is 50.8 Å². The van der Waals surface area contributed by atoms with Gasteiger partial charge in [0.25, 0.3) is 0 Å². The molecule has 2 amide bonds. The molecule has 0 unspecified atom stereocenters. The van der Waals surface area contributed by atoms with Crippen LogP contribution in [0.25, 0.3) is 0 Å². The maximum Gasteiger partial charge on any atom is 0.416 e. The maximum absolute atomic E-state index is 13.4. The van der Waals surface area contributed by atoms with Gasteiger partial charge in [0, 0.05) is 31.0 Å². The highest BCUT2D eigenvalue weighted by Gasteiger charge is 2.40. The molecule has 1 saturated heterocycles. The number of rotatable bonds is 6. The Morgan fingerprint density at radius 3 is 2.05 bits per heavy atom. The summed E-state index contributed by atoms with van der Waals surface area (Å²) in [4.78, 5) is 26.1. The van der Waals surface area contributed by atoms with Crippen molar-refractivity contribution in [2.75, 3.05) is 13.1 Å². The summed E-state index contributed by atoms with van der Waals surface area (Å²) < 4.78 is 86.7. The number of nitrogens with one attached hydrogen (secondary N) is 1. The number of carbonyl (C=O) groups is 2. The lowest BCUT2D eigenvalue weighted by atomic mass is 9.83. The van der Waals surface area contributed by atoms with Crippen LogP contribution in [-0.2, 0) is 21.9 Å². The maximum atomic E-state index is 13.4. The summed E-state index contributed by atoms with van der Waals surface area (Å²) in [5, 5.41) is 11.4. The number of halogens is 6. The molecule has 224 valence electrons. The van der Waals surface area contributed by atoms with Crippen molar-refractivity contribution in [1.29, 1.82) is 0 Å². The second-order valence-electron chi connectivity index (χ2n) is 10.7. The Bertz CT molecular complexity index is 1180. The van der Waals surface area contributed by atoms with E-state index < -0.39 is 41.8 Å². The number of carboxylic acid groups (broad SMARTS) is 1. The molecule has 0 aromatic heterocycles. The molecule has 41 heavy (non-hydrogen) atoms. The number of hydrogen-bond donors (Lipinski definition) is 2. The third kappa shape index (κ3) is 7.72. The normalized spacial score (nSPS) is 24.5. The minimum absolute atomic E-state index is 0.0427. The predicted octanol–water partition coefficient (Wildman–Crippen LogP) is 7.01. The van der Waals surface area contributed by atoms with Gasteiger partial charge < -0.3 is 20.1 Å². The number of hydrogen-bond acceptors (Lipinski definition) is 3. The predicted molar refractivity (Wildman–Crippen MR) is 137 cm³/mol. The van der Waals surface area contributed by atoms with Gasteiger partial charge in [-0.1, -0.05) is 30.3 Å². The first kappa shape index (κ1) is 30.7. The Labute approximate surface area is 233 Å². The summed E-state index contributed by atoms with van der Waals surface area (Å²) in [7, 11) is 0. The summed E-state index contributed by atoms with van der Waals surface area (Å²) in [6.45, 7) is 2.03. The third-order valence-electron chi connectivity index (χ3n) is 7.95. The summed E-state index contributed by atoms with van der Waals surface area (Å²) >= 11 is 0. The highest BCUT2D eigenvalue weighted by atomic mass is 19.4. The molecule has 2 aliphatic rings. The summed E-state index contributed by atoms with van der Waals surface area (Å²) in [5.41, 5.74) is -2.18. The number of amides is 2. The molecule has 1 aliphatic heterocycles. The molecule has 2 aromatic carbocycles. The van der Waals surface area contributed by atoms with Crippen LogP contribution < -0.4 is 5.32 Å². The molecule has 0 bridgehead atoms. The molecular weight excluding hydrogens is 554 g/mol. The molecule has 2 fully saturated rings. The zero-order valence-corrected chi connectivity index (χ0v) is 22.3. The Morgan fingerprint density at radius 1 is 0.927 bits per heavy atom. The molecule has 6 nitrogen and oxygen atoms in total. The zero-order chi connectivity index (χ0) is 29.9. The number of nitrogens with zero attached hydrogens (tertiary/aromatic N) is 1. The minimum Gasteiger partial charge on any atom is -0.465 e. The quantitative estimate of drug-likeness (QED) is 0.357. The van der Waals surface area contributed by atoms with Crippen LogP contribution in [-0.4, -0.2) is 47.2 Å². The van der Waals surface area contributed by atoms with Gasteiger partial charge >= 0.3 is 18.4 Å².